The molecular formula is C7H7NO2S. The Morgan fingerprint density at radius 2 is 2.09 bits per heavy atom. The van der Waals surface area contributed by atoms with Crippen molar-refractivity contribution in [1.29, 1.82) is 0 Å². The molecule has 1 aromatic rings. The summed E-state index contributed by atoms with van der Waals surface area (Å²) in [7, 11) is 0. The predicted molar refractivity (Wildman–Crippen MR) is 42.5 cm³/mol. The van der Waals surface area contributed by atoms with Crippen LogP contribution < -0.4 is 9.47 Å². The molecule has 0 atom stereocenters. The minimum atomic E-state index is 0.545. The Morgan fingerprint density at radius 1 is 1.27 bits per heavy atom. The average molecular weight is 169 g/mol. The van der Waals surface area contributed by atoms with Crippen LogP contribution in [0.4, 0.5) is 0 Å². The molecule has 0 radical (unpaired) electrons. The van der Waals surface area contributed by atoms with Gasteiger partial charge in [0.15, 0.2) is 5.75 Å². The highest BCUT2D eigenvalue weighted by Gasteiger charge is 2.11. The minimum absolute atomic E-state index is 0.545. The van der Waals surface area contributed by atoms with Gasteiger partial charge in [0.05, 0.1) is 5.03 Å². The van der Waals surface area contributed by atoms with Crippen molar-refractivity contribution in [2.45, 2.75) is 5.03 Å². The standard InChI is InChI=1S/C7H7NO2S/c11-6-2-1-5-7(8-6)10-4-3-9-5/h1-2H,3-4H2,(H,8,11). The molecule has 2 heterocycles. The van der Waals surface area contributed by atoms with E-state index in [-0.39, 0.29) is 0 Å². The maximum absolute atomic E-state index is 5.26. The van der Waals surface area contributed by atoms with Crippen molar-refractivity contribution in [2.24, 2.45) is 0 Å². The molecule has 3 nitrogen and oxygen atoms in total. The maximum Gasteiger partial charge on any atom is 0.258 e. The second-order valence-corrected chi connectivity index (χ2v) is 2.63. The van der Waals surface area contributed by atoms with Crippen molar-refractivity contribution >= 4 is 12.6 Å². The third-order valence-corrected chi connectivity index (χ3v) is 1.64. The molecule has 1 aliphatic rings. The van der Waals surface area contributed by atoms with E-state index in [4.69, 9.17) is 9.47 Å². The SMILES string of the molecule is Sc1ccc2c(n1)OCCO2. The minimum Gasteiger partial charge on any atom is -0.484 e. The zero-order valence-corrected chi connectivity index (χ0v) is 6.67. The van der Waals surface area contributed by atoms with Crippen LogP contribution in [0.15, 0.2) is 17.2 Å². The number of hydrogen-bond donors (Lipinski definition) is 1. The molecule has 0 fully saturated rings. The van der Waals surface area contributed by atoms with Crippen LogP contribution in [0.5, 0.6) is 11.6 Å². The van der Waals surface area contributed by atoms with Gasteiger partial charge in [0.1, 0.15) is 13.2 Å². The van der Waals surface area contributed by atoms with Crippen molar-refractivity contribution in [3.05, 3.63) is 12.1 Å². The molecular weight excluding hydrogens is 162 g/mol. The Labute approximate surface area is 69.8 Å². The number of nitrogens with zero attached hydrogens (tertiary/aromatic N) is 1. The second-order valence-electron chi connectivity index (χ2n) is 2.17. The van der Waals surface area contributed by atoms with E-state index in [0.717, 1.165) is 0 Å². The van der Waals surface area contributed by atoms with Crippen molar-refractivity contribution in [3.63, 3.8) is 0 Å². The molecule has 1 aliphatic heterocycles. The van der Waals surface area contributed by atoms with E-state index in [1.807, 2.05) is 6.07 Å². The summed E-state index contributed by atoms with van der Waals surface area (Å²) in [6.07, 6.45) is 0. The van der Waals surface area contributed by atoms with Gasteiger partial charge in [-0.05, 0) is 12.1 Å². The molecule has 1 aromatic heterocycles. The molecule has 11 heavy (non-hydrogen) atoms. The van der Waals surface area contributed by atoms with E-state index in [0.29, 0.717) is 29.9 Å². The molecule has 0 bridgehead atoms. The lowest BCUT2D eigenvalue weighted by Crippen LogP contribution is -2.16. The molecule has 2 rings (SSSR count). The number of hydrogen-bond acceptors (Lipinski definition) is 4. The van der Waals surface area contributed by atoms with Crippen molar-refractivity contribution in [1.82, 2.24) is 4.98 Å². The zero-order chi connectivity index (χ0) is 7.68. The molecule has 0 N–H and O–H groups in total. The molecule has 0 saturated heterocycles. The quantitative estimate of drug-likeness (QED) is 0.591. The van der Waals surface area contributed by atoms with E-state index in [9.17, 15) is 0 Å². The summed E-state index contributed by atoms with van der Waals surface area (Å²) in [4.78, 5) is 4.03. The highest BCUT2D eigenvalue weighted by molar-refractivity contribution is 7.80. The summed E-state index contributed by atoms with van der Waals surface area (Å²) in [5, 5.41) is 0.647. The monoisotopic (exact) mass is 169 g/mol. The Balaban J connectivity index is 2.43. The summed E-state index contributed by atoms with van der Waals surface area (Å²) < 4.78 is 10.5. The normalized spacial score (nSPS) is 14.6. The fraction of sp³-hybridized carbons (Fsp3) is 0.286. The van der Waals surface area contributed by atoms with Crippen LogP contribution in [-0.2, 0) is 0 Å². The number of fused-ring (bicyclic) bond motifs is 1. The van der Waals surface area contributed by atoms with E-state index in [1.54, 1.807) is 6.07 Å². The predicted octanol–water partition coefficient (Wildman–Crippen LogP) is 1.14. The smallest absolute Gasteiger partial charge is 0.258 e. The lowest BCUT2D eigenvalue weighted by molar-refractivity contribution is 0.163. The van der Waals surface area contributed by atoms with Gasteiger partial charge in [0, 0.05) is 0 Å². The first-order valence-corrected chi connectivity index (χ1v) is 3.76. The number of thiol groups is 1. The number of aromatic nitrogens is 1. The van der Waals surface area contributed by atoms with Gasteiger partial charge in [-0.2, -0.15) is 0 Å². The summed E-state index contributed by atoms with van der Waals surface area (Å²) in [5.74, 6) is 1.25. The van der Waals surface area contributed by atoms with E-state index in [2.05, 4.69) is 17.6 Å². The Kier molecular flexibility index (Phi) is 1.62. The number of ether oxygens (including phenoxy) is 2. The molecule has 0 unspecified atom stereocenters. The highest BCUT2D eigenvalue weighted by atomic mass is 32.1. The van der Waals surface area contributed by atoms with Crippen LogP contribution in [0, 0.1) is 0 Å². The van der Waals surface area contributed by atoms with Gasteiger partial charge in [-0.15, -0.1) is 12.6 Å². The first-order valence-electron chi connectivity index (χ1n) is 3.32. The van der Waals surface area contributed by atoms with Gasteiger partial charge in [0.25, 0.3) is 5.88 Å². The Morgan fingerprint density at radius 3 is 3.00 bits per heavy atom. The van der Waals surface area contributed by atoms with Crippen LogP contribution in [0.1, 0.15) is 0 Å². The van der Waals surface area contributed by atoms with Crippen LogP contribution in [0.25, 0.3) is 0 Å². The molecule has 58 valence electrons. The average Bonchev–Trinajstić information content (AvgIpc) is 2.04. The molecule has 0 aliphatic carbocycles. The largest absolute Gasteiger partial charge is 0.484 e. The van der Waals surface area contributed by atoms with Crippen molar-refractivity contribution in [3.8, 4) is 11.6 Å². The van der Waals surface area contributed by atoms with E-state index < -0.39 is 0 Å². The number of pyridine rings is 1. The zero-order valence-electron chi connectivity index (χ0n) is 5.78. The third kappa shape index (κ3) is 1.26. The summed E-state index contributed by atoms with van der Waals surface area (Å²) in [5.41, 5.74) is 0. The fourth-order valence-electron chi connectivity index (χ4n) is 0.921. The summed E-state index contributed by atoms with van der Waals surface area (Å²) in [6, 6.07) is 3.58. The summed E-state index contributed by atoms with van der Waals surface area (Å²) >= 11 is 4.07. The van der Waals surface area contributed by atoms with Gasteiger partial charge in [-0.3, -0.25) is 0 Å². The van der Waals surface area contributed by atoms with E-state index >= 15 is 0 Å². The third-order valence-electron chi connectivity index (χ3n) is 1.39. The molecule has 4 heteroatoms. The van der Waals surface area contributed by atoms with Gasteiger partial charge < -0.3 is 9.47 Å². The first-order chi connectivity index (χ1) is 5.36. The van der Waals surface area contributed by atoms with Crippen LogP contribution in [-0.4, -0.2) is 18.2 Å². The lowest BCUT2D eigenvalue weighted by Gasteiger charge is -2.16. The van der Waals surface area contributed by atoms with Crippen LogP contribution in [0.2, 0.25) is 0 Å². The van der Waals surface area contributed by atoms with Crippen molar-refractivity contribution < 1.29 is 9.47 Å². The van der Waals surface area contributed by atoms with Crippen LogP contribution in [0.3, 0.4) is 0 Å². The van der Waals surface area contributed by atoms with Gasteiger partial charge in [-0.1, -0.05) is 0 Å². The topological polar surface area (TPSA) is 31.4 Å². The Bertz CT molecular complexity index is 277. The maximum atomic E-state index is 5.26. The Hall–Kier alpha value is -0.900. The van der Waals surface area contributed by atoms with Crippen molar-refractivity contribution in [2.75, 3.05) is 13.2 Å². The molecule has 0 spiro atoms. The first kappa shape index (κ1) is 6.79. The lowest BCUT2D eigenvalue weighted by atomic mass is 10.4. The van der Waals surface area contributed by atoms with Crippen LogP contribution >= 0.6 is 12.6 Å². The summed E-state index contributed by atoms with van der Waals surface area (Å²) in [6.45, 7) is 1.16. The van der Waals surface area contributed by atoms with E-state index in [1.165, 1.54) is 0 Å². The van der Waals surface area contributed by atoms with Gasteiger partial charge >= 0.3 is 0 Å². The molecule has 0 saturated carbocycles. The second kappa shape index (κ2) is 2.62. The number of rotatable bonds is 0. The highest BCUT2D eigenvalue weighted by Crippen LogP contribution is 2.27. The fourth-order valence-corrected chi connectivity index (χ4v) is 1.09. The van der Waals surface area contributed by atoms with Gasteiger partial charge in [-0.25, -0.2) is 4.98 Å². The van der Waals surface area contributed by atoms with Gasteiger partial charge in [0.2, 0.25) is 0 Å². The molecule has 0 aromatic carbocycles. The molecule has 0 amide bonds.